The minimum atomic E-state index is 0.195. The maximum atomic E-state index is 9.45. The van der Waals surface area contributed by atoms with Crippen molar-refractivity contribution in [2.24, 2.45) is 0 Å². The number of thioether (sulfide) groups is 1. The van der Waals surface area contributed by atoms with Crippen LogP contribution in [0.25, 0.3) is 0 Å². The highest BCUT2D eigenvalue weighted by molar-refractivity contribution is 7.99. The SMILES string of the molecule is OC[C@H](Cc1ccccc1)NC1CCCSC1. The Morgan fingerprint density at radius 3 is 2.82 bits per heavy atom. The van der Waals surface area contributed by atoms with E-state index < -0.39 is 0 Å². The fourth-order valence-corrected chi connectivity index (χ4v) is 3.37. The summed E-state index contributed by atoms with van der Waals surface area (Å²) >= 11 is 2.02. The van der Waals surface area contributed by atoms with E-state index in [1.165, 1.54) is 29.9 Å². The molecular formula is C14H21NOS. The molecule has 1 heterocycles. The summed E-state index contributed by atoms with van der Waals surface area (Å²) in [7, 11) is 0. The summed E-state index contributed by atoms with van der Waals surface area (Å²) in [5.41, 5.74) is 1.29. The summed E-state index contributed by atoms with van der Waals surface area (Å²) in [6.45, 7) is 0.218. The molecule has 0 spiro atoms. The number of rotatable bonds is 5. The topological polar surface area (TPSA) is 32.3 Å². The van der Waals surface area contributed by atoms with E-state index in [-0.39, 0.29) is 12.6 Å². The van der Waals surface area contributed by atoms with Gasteiger partial charge in [-0.1, -0.05) is 30.3 Å². The summed E-state index contributed by atoms with van der Waals surface area (Å²) in [6, 6.07) is 11.2. The number of aliphatic hydroxyl groups is 1. The number of aliphatic hydroxyl groups excluding tert-OH is 1. The van der Waals surface area contributed by atoms with Crippen molar-refractivity contribution >= 4 is 11.8 Å². The van der Waals surface area contributed by atoms with E-state index in [4.69, 9.17) is 0 Å². The molecule has 1 aliphatic rings. The molecule has 2 nitrogen and oxygen atoms in total. The standard InChI is InChI=1S/C14H21NOS/c16-10-14(9-12-5-2-1-3-6-12)15-13-7-4-8-17-11-13/h1-3,5-6,13-16H,4,7-11H2/t13?,14-/m0/s1. The van der Waals surface area contributed by atoms with Crippen LogP contribution in [0, 0.1) is 0 Å². The van der Waals surface area contributed by atoms with Crippen molar-refractivity contribution in [3.8, 4) is 0 Å². The van der Waals surface area contributed by atoms with Crippen molar-refractivity contribution in [2.45, 2.75) is 31.3 Å². The summed E-state index contributed by atoms with van der Waals surface area (Å²) in [4.78, 5) is 0. The first-order valence-electron chi connectivity index (χ1n) is 6.37. The molecule has 2 N–H and O–H groups in total. The van der Waals surface area contributed by atoms with Crippen LogP contribution < -0.4 is 5.32 Å². The molecule has 0 aromatic heterocycles. The molecule has 0 radical (unpaired) electrons. The van der Waals surface area contributed by atoms with Crippen LogP contribution in [0.2, 0.25) is 0 Å². The molecule has 94 valence electrons. The molecule has 1 aromatic rings. The quantitative estimate of drug-likeness (QED) is 0.840. The van der Waals surface area contributed by atoms with Crippen molar-refractivity contribution in [1.29, 1.82) is 0 Å². The Bertz CT molecular complexity index is 311. The van der Waals surface area contributed by atoms with Crippen molar-refractivity contribution in [3.05, 3.63) is 35.9 Å². The molecule has 2 rings (SSSR count). The number of hydrogen-bond donors (Lipinski definition) is 2. The van der Waals surface area contributed by atoms with E-state index in [2.05, 4.69) is 29.6 Å². The molecular weight excluding hydrogens is 230 g/mol. The van der Waals surface area contributed by atoms with E-state index in [0.717, 1.165) is 6.42 Å². The van der Waals surface area contributed by atoms with Gasteiger partial charge in [-0.3, -0.25) is 0 Å². The molecule has 0 bridgehead atoms. The van der Waals surface area contributed by atoms with Crippen LogP contribution in [-0.4, -0.2) is 35.3 Å². The van der Waals surface area contributed by atoms with Crippen molar-refractivity contribution in [1.82, 2.24) is 5.32 Å². The van der Waals surface area contributed by atoms with Gasteiger partial charge in [0.25, 0.3) is 0 Å². The lowest BCUT2D eigenvalue weighted by Crippen LogP contribution is -2.44. The van der Waals surface area contributed by atoms with Crippen LogP contribution in [0.4, 0.5) is 0 Å². The summed E-state index contributed by atoms with van der Waals surface area (Å²) in [5.74, 6) is 2.48. The van der Waals surface area contributed by atoms with E-state index >= 15 is 0 Å². The van der Waals surface area contributed by atoms with E-state index in [1.807, 2.05) is 17.8 Å². The first-order valence-corrected chi connectivity index (χ1v) is 7.52. The largest absolute Gasteiger partial charge is 0.395 e. The Hall–Kier alpha value is -0.510. The van der Waals surface area contributed by atoms with Gasteiger partial charge < -0.3 is 10.4 Å². The second-order valence-corrected chi connectivity index (χ2v) is 5.80. The first kappa shape index (κ1) is 12.9. The second-order valence-electron chi connectivity index (χ2n) is 4.65. The minimum absolute atomic E-state index is 0.195. The molecule has 1 aromatic carbocycles. The highest BCUT2D eigenvalue weighted by Gasteiger charge is 2.17. The fraction of sp³-hybridized carbons (Fsp3) is 0.571. The van der Waals surface area contributed by atoms with Gasteiger partial charge in [-0.05, 0) is 30.6 Å². The Balaban J connectivity index is 1.83. The lowest BCUT2D eigenvalue weighted by molar-refractivity contribution is 0.230. The predicted molar refractivity (Wildman–Crippen MR) is 74.5 cm³/mol. The number of nitrogens with one attached hydrogen (secondary N) is 1. The summed E-state index contributed by atoms with van der Waals surface area (Å²) < 4.78 is 0. The third-order valence-corrected chi connectivity index (χ3v) is 4.39. The van der Waals surface area contributed by atoms with Gasteiger partial charge in [-0.15, -0.1) is 0 Å². The Morgan fingerprint density at radius 2 is 2.18 bits per heavy atom. The highest BCUT2D eigenvalue weighted by Crippen LogP contribution is 2.17. The van der Waals surface area contributed by atoms with Gasteiger partial charge >= 0.3 is 0 Å². The molecule has 1 aliphatic heterocycles. The molecule has 3 heteroatoms. The Kier molecular flexibility index (Phi) is 5.36. The van der Waals surface area contributed by atoms with Gasteiger partial charge in [0.2, 0.25) is 0 Å². The molecule has 0 saturated carbocycles. The molecule has 2 atom stereocenters. The van der Waals surface area contributed by atoms with Crippen LogP contribution in [0.5, 0.6) is 0 Å². The molecule has 1 saturated heterocycles. The van der Waals surface area contributed by atoms with E-state index in [0.29, 0.717) is 6.04 Å². The molecule has 1 unspecified atom stereocenters. The third kappa shape index (κ3) is 4.34. The fourth-order valence-electron chi connectivity index (χ4n) is 2.28. The highest BCUT2D eigenvalue weighted by atomic mass is 32.2. The van der Waals surface area contributed by atoms with Crippen molar-refractivity contribution < 1.29 is 5.11 Å². The summed E-state index contributed by atoms with van der Waals surface area (Å²) in [6.07, 6.45) is 3.46. The number of benzene rings is 1. The smallest absolute Gasteiger partial charge is 0.0587 e. The summed E-state index contributed by atoms with van der Waals surface area (Å²) in [5, 5.41) is 13.0. The zero-order valence-corrected chi connectivity index (χ0v) is 11.0. The molecule has 0 amide bonds. The van der Waals surface area contributed by atoms with E-state index in [1.54, 1.807) is 0 Å². The lowest BCUT2D eigenvalue weighted by Gasteiger charge is -2.27. The monoisotopic (exact) mass is 251 g/mol. The second kappa shape index (κ2) is 7.04. The van der Waals surface area contributed by atoms with Crippen LogP contribution >= 0.6 is 11.8 Å². The normalized spacial score (nSPS) is 22.3. The van der Waals surface area contributed by atoms with Gasteiger partial charge in [0.05, 0.1) is 6.61 Å². The lowest BCUT2D eigenvalue weighted by atomic mass is 10.0. The first-order chi connectivity index (χ1) is 8.38. The Labute approximate surface area is 108 Å². The minimum Gasteiger partial charge on any atom is -0.395 e. The van der Waals surface area contributed by atoms with Gasteiger partial charge in [0.15, 0.2) is 0 Å². The third-order valence-electron chi connectivity index (χ3n) is 3.18. The molecule has 0 aliphatic carbocycles. The van der Waals surface area contributed by atoms with Crippen LogP contribution in [0.15, 0.2) is 30.3 Å². The van der Waals surface area contributed by atoms with Crippen molar-refractivity contribution in [2.75, 3.05) is 18.1 Å². The van der Waals surface area contributed by atoms with Gasteiger partial charge in [0, 0.05) is 17.8 Å². The molecule has 17 heavy (non-hydrogen) atoms. The maximum Gasteiger partial charge on any atom is 0.0587 e. The van der Waals surface area contributed by atoms with Crippen molar-refractivity contribution in [3.63, 3.8) is 0 Å². The van der Waals surface area contributed by atoms with Crippen LogP contribution in [-0.2, 0) is 6.42 Å². The average molecular weight is 251 g/mol. The number of hydrogen-bond acceptors (Lipinski definition) is 3. The zero-order valence-electron chi connectivity index (χ0n) is 10.1. The van der Waals surface area contributed by atoms with Crippen LogP contribution in [0.1, 0.15) is 18.4 Å². The predicted octanol–water partition coefficient (Wildman–Crippen LogP) is 2.08. The van der Waals surface area contributed by atoms with Gasteiger partial charge in [-0.2, -0.15) is 11.8 Å². The van der Waals surface area contributed by atoms with Gasteiger partial charge in [-0.25, -0.2) is 0 Å². The zero-order chi connectivity index (χ0) is 11.9. The van der Waals surface area contributed by atoms with E-state index in [9.17, 15) is 5.11 Å². The average Bonchev–Trinajstić information content (AvgIpc) is 2.40. The molecule has 1 fully saturated rings. The Morgan fingerprint density at radius 1 is 1.35 bits per heavy atom. The maximum absolute atomic E-state index is 9.45. The van der Waals surface area contributed by atoms with Gasteiger partial charge in [0.1, 0.15) is 0 Å². The van der Waals surface area contributed by atoms with Crippen LogP contribution in [0.3, 0.4) is 0 Å².